The highest BCUT2D eigenvalue weighted by Crippen LogP contribution is 2.25. The number of aromatic nitrogens is 1. The third-order valence-corrected chi connectivity index (χ3v) is 5.89. The molecule has 0 bridgehead atoms. The Balaban J connectivity index is 1.32. The van der Waals surface area contributed by atoms with E-state index in [0.717, 1.165) is 42.6 Å². The van der Waals surface area contributed by atoms with Crippen LogP contribution in [0.15, 0.2) is 60.0 Å². The first-order chi connectivity index (χ1) is 14.2. The van der Waals surface area contributed by atoms with Gasteiger partial charge in [0, 0.05) is 49.9 Å². The summed E-state index contributed by atoms with van der Waals surface area (Å²) in [6.45, 7) is 4.06. The molecule has 6 nitrogen and oxygen atoms in total. The van der Waals surface area contributed by atoms with Crippen molar-refractivity contribution in [3.8, 4) is 5.75 Å². The Morgan fingerprint density at radius 3 is 2.59 bits per heavy atom. The average molecular weight is 409 g/mol. The van der Waals surface area contributed by atoms with E-state index < -0.39 is 0 Å². The van der Waals surface area contributed by atoms with Crippen LogP contribution in [0.5, 0.6) is 5.75 Å². The summed E-state index contributed by atoms with van der Waals surface area (Å²) < 4.78 is 5.33. The zero-order chi connectivity index (χ0) is 20.1. The molecule has 0 radical (unpaired) electrons. The lowest BCUT2D eigenvalue weighted by molar-refractivity contribution is 0.0946. The van der Waals surface area contributed by atoms with Gasteiger partial charge in [0.2, 0.25) is 0 Å². The minimum absolute atomic E-state index is 0.133. The third kappa shape index (κ3) is 4.68. The zero-order valence-corrected chi connectivity index (χ0v) is 17.2. The second-order valence-corrected chi connectivity index (χ2v) is 7.70. The van der Waals surface area contributed by atoms with E-state index in [4.69, 9.17) is 4.74 Å². The number of thiazole rings is 1. The fourth-order valence-electron chi connectivity index (χ4n) is 3.35. The number of ether oxygens (including phenoxy) is 1. The summed E-state index contributed by atoms with van der Waals surface area (Å²) in [5.41, 5.74) is 2.73. The maximum absolute atomic E-state index is 12.4. The summed E-state index contributed by atoms with van der Waals surface area (Å²) in [5, 5.41) is 5.68. The Bertz CT molecular complexity index is 952. The molecule has 150 valence electrons. The molecule has 1 N–H and O–H groups in total. The number of methoxy groups -OCH3 is 1. The van der Waals surface area contributed by atoms with Crippen LogP contribution >= 0.6 is 11.3 Å². The van der Waals surface area contributed by atoms with Crippen molar-refractivity contribution in [2.45, 2.75) is 6.54 Å². The van der Waals surface area contributed by atoms with E-state index in [9.17, 15) is 4.79 Å². The number of benzene rings is 2. The monoisotopic (exact) mass is 408 g/mol. The second-order valence-electron chi connectivity index (χ2n) is 6.86. The molecule has 2 aromatic carbocycles. The number of amides is 1. The predicted octanol–water partition coefficient (Wildman–Crippen LogP) is 3.41. The molecule has 1 aromatic heterocycles. The van der Waals surface area contributed by atoms with E-state index in [-0.39, 0.29) is 5.91 Å². The van der Waals surface area contributed by atoms with E-state index in [0.29, 0.717) is 12.2 Å². The Hall–Kier alpha value is -3.06. The summed E-state index contributed by atoms with van der Waals surface area (Å²) in [4.78, 5) is 21.6. The van der Waals surface area contributed by atoms with Gasteiger partial charge in [-0.2, -0.15) is 0 Å². The minimum Gasteiger partial charge on any atom is -0.497 e. The Kier molecular flexibility index (Phi) is 5.95. The highest BCUT2D eigenvalue weighted by Gasteiger charge is 2.21. The number of nitrogens with one attached hydrogen (secondary N) is 1. The molecular formula is C22H24N4O2S. The minimum atomic E-state index is -0.133. The number of hydrogen-bond acceptors (Lipinski definition) is 6. The van der Waals surface area contributed by atoms with Gasteiger partial charge in [-0.15, -0.1) is 11.3 Å². The molecule has 1 aliphatic heterocycles. The molecule has 4 rings (SSSR count). The summed E-state index contributed by atoms with van der Waals surface area (Å²) in [5.74, 6) is 0.738. The van der Waals surface area contributed by atoms with Crippen LogP contribution in [0.25, 0.3) is 0 Å². The van der Waals surface area contributed by atoms with Gasteiger partial charge in [-0.25, -0.2) is 4.98 Å². The molecule has 1 aliphatic rings. The largest absolute Gasteiger partial charge is 0.497 e. The maximum atomic E-state index is 12.4. The summed E-state index contributed by atoms with van der Waals surface area (Å²) in [7, 11) is 1.69. The molecule has 2 heterocycles. The number of hydrogen-bond donors (Lipinski definition) is 1. The van der Waals surface area contributed by atoms with Gasteiger partial charge in [0.15, 0.2) is 5.13 Å². The van der Waals surface area contributed by atoms with Crippen molar-refractivity contribution < 1.29 is 9.53 Å². The van der Waals surface area contributed by atoms with Crippen molar-refractivity contribution in [1.82, 2.24) is 10.3 Å². The first-order valence-corrected chi connectivity index (χ1v) is 10.5. The average Bonchev–Trinajstić information content (AvgIpc) is 3.29. The molecule has 0 spiro atoms. The van der Waals surface area contributed by atoms with Crippen LogP contribution in [0, 0.1) is 0 Å². The molecule has 0 atom stereocenters. The Morgan fingerprint density at radius 1 is 1.07 bits per heavy atom. The highest BCUT2D eigenvalue weighted by atomic mass is 32.1. The molecular weight excluding hydrogens is 384 g/mol. The molecule has 7 heteroatoms. The lowest BCUT2D eigenvalue weighted by Gasteiger charge is -2.36. The third-order valence-electron chi connectivity index (χ3n) is 4.99. The number of rotatable bonds is 6. The first kappa shape index (κ1) is 19.3. The number of piperazine rings is 1. The lowest BCUT2D eigenvalue weighted by atomic mass is 10.2. The van der Waals surface area contributed by atoms with Crippen molar-refractivity contribution in [2.75, 3.05) is 43.1 Å². The van der Waals surface area contributed by atoms with Crippen molar-refractivity contribution >= 4 is 28.1 Å². The van der Waals surface area contributed by atoms with Gasteiger partial charge in [-0.05, 0) is 17.7 Å². The van der Waals surface area contributed by atoms with Gasteiger partial charge in [0.1, 0.15) is 11.4 Å². The van der Waals surface area contributed by atoms with Crippen LogP contribution in [0.3, 0.4) is 0 Å². The van der Waals surface area contributed by atoms with Crippen LogP contribution in [0.4, 0.5) is 10.8 Å². The quantitative estimate of drug-likeness (QED) is 0.677. The van der Waals surface area contributed by atoms with Crippen LogP contribution in [-0.4, -0.2) is 44.2 Å². The molecule has 1 saturated heterocycles. The topological polar surface area (TPSA) is 57.7 Å². The van der Waals surface area contributed by atoms with E-state index >= 15 is 0 Å². The number of anilines is 2. The zero-order valence-electron chi connectivity index (χ0n) is 16.4. The first-order valence-electron chi connectivity index (χ1n) is 9.64. The molecule has 0 unspecified atom stereocenters. The number of carbonyl (C=O) groups is 1. The van der Waals surface area contributed by atoms with E-state index in [2.05, 4.69) is 32.2 Å². The van der Waals surface area contributed by atoms with Gasteiger partial charge < -0.3 is 19.9 Å². The van der Waals surface area contributed by atoms with E-state index in [1.165, 1.54) is 17.0 Å². The van der Waals surface area contributed by atoms with Crippen molar-refractivity contribution in [2.24, 2.45) is 0 Å². The van der Waals surface area contributed by atoms with Gasteiger partial charge >= 0.3 is 0 Å². The van der Waals surface area contributed by atoms with Gasteiger partial charge in [0.25, 0.3) is 5.91 Å². The molecule has 1 amide bonds. The van der Waals surface area contributed by atoms with Gasteiger partial charge in [-0.1, -0.05) is 36.4 Å². The molecule has 29 heavy (non-hydrogen) atoms. The molecule has 3 aromatic rings. The van der Waals surface area contributed by atoms with Crippen LogP contribution in [0.2, 0.25) is 0 Å². The van der Waals surface area contributed by atoms with Crippen molar-refractivity contribution in [1.29, 1.82) is 0 Å². The fraction of sp³-hybridized carbons (Fsp3) is 0.273. The van der Waals surface area contributed by atoms with Crippen molar-refractivity contribution in [3.05, 3.63) is 71.2 Å². The fourth-order valence-corrected chi connectivity index (χ4v) is 4.21. The summed E-state index contributed by atoms with van der Waals surface area (Å²) >= 11 is 1.52. The number of carbonyl (C=O) groups excluding carboxylic acids is 1. The molecule has 0 aliphatic carbocycles. The predicted molar refractivity (Wildman–Crippen MR) is 117 cm³/mol. The van der Waals surface area contributed by atoms with Crippen molar-refractivity contribution in [3.63, 3.8) is 0 Å². The normalized spacial score (nSPS) is 14.0. The van der Waals surface area contributed by atoms with E-state index in [1.54, 1.807) is 7.11 Å². The smallest absolute Gasteiger partial charge is 0.271 e. The Morgan fingerprint density at radius 2 is 1.83 bits per heavy atom. The Labute approximate surface area is 174 Å². The standard InChI is InChI=1S/C22H24N4O2S/c1-28-19-9-5-8-18(14-19)25-10-12-26(13-11-25)22-24-20(16-29-22)21(27)23-15-17-6-3-2-4-7-17/h2-9,14,16H,10-13,15H2,1H3,(H,23,27). The van der Waals surface area contributed by atoms with Crippen LogP contribution in [0.1, 0.15) is 16.1 Å². The molecule has 0 saturated carbocycles. The lowest BCUT2D eigenvalue weighted by Crippen LogP contribution is -2.46. The second kappa shape index (κ2) is 8.96. The van der Waals surface area contributed by atoms with Gasteiger partial charge in [0.05, 0.1) is 7.11 Å². The maximum Gasteiger partial charge on any atom is 0.271 e. The summed E-state index contributed by atoms with van der Waals surface area (Å²) in [6.07, 6.45) is 0. The van der Waals surface area contributed by atoms with Gasteiger partial charge in [-0.3, -0.25) is 4.79 Å². The molecule has 1 fully saturated rings. The van der Waals surface area contributed by atoms with E-state index in [1.807, 2.05) is 47.8 Å². The van der Waals surface area contributed by atoms with Crippen LogP contribution in [-0.2, 0) is 6.54 Å². The SMILES string of the molecule is COc1cccc(N2CCN(c3nc(C(=O)NCc4ccccc4)cs3)CC2)c1. The summed E-state index contributed by atoms with van der Waals surface area (Å²) in [6, 6.07) is 18.0. The highest BCUT2D eigenvalue weighted by molar-refractivity contribution is 7.13. The van der Waals surface area contributed by atoms with Crippen LogP contribution < -0.4 is 19.9 Å². The number of nitrogens with zero attached hydrogens (tertiary/aromatic N) is 3.